The second kappa shape index (κ2) is 43.3. The Labute approximate surface area is 556 Å². The summed E-state index contributed by atoms with van der Waals surface area (Å²) in [5, 5.41) is 5.85. The molecule has 0 aromatic heterocycles. The lowest BCUT2D eigenvalue weighted by molar-refractivity contribution is -0.150. The quantitative estimate of drug-likeness (QED) is 0.0627. The van der Waals surface area contributed by atoms with Crippen LogP contribution in [0.1, 0.15) is 109 Å². The SMILES string of the molecule is COCCCN(CC(=O)N(CCc1ccc(OC)c(OC)c1)CC(=O)N(CC(=O)N(CC(=O)N(CCCOC)CC(=O)N(CC(=O)N(CCOC)CC(=O)NC(CS)C(C)=O)C1CCCCC1)CC(C)C)C1CCCCC1)C(=O)CNCCc1ccc(OC)c(OC)c1. The van der Waals surface area contributed by atoms with Gasteiger partial charge in [-0.2, -0.15) is 12.6 Å². The van der Waals surface area contributed by atoms with Gasteiger partial charge in [-0.05, 0) is 106 Å². The van der Waals surface area contributed by atoms with Gasteiger partial charge in [0, 0.05) is 85.1 Å². The Kier molecular flexibility index (Phi) is 36.6. The van der Waals surface area contributed by atoms with Crippen molar-refractivity contribution in [2.24, 2.45) is 5.92 Å². The van der Waals surface area contributed by atoms with Gasteiger partial charge in [0.2, 0.25) is 47.3 Å². The van der Waals surface area contributed by atoms with Gasteiger partial charge in [-0.25, -0.2) is 0 Å². The molecule has 2 fully saturated rings. The van der Waals surface area contributed by atoms with Crippen molar-refractivity contribution in [2.75, 3.05) is 167 Å². The summed E-state index contributed by atoms with van der Waals surface area (Å²) in [4.78, 5) is 139. The minimum Gasteiger partial charge on any atom is -0.493 e. The molecule has 0 heterocycles. The maximum Gasteiger partial charge on any atom is 0.242 e. The standard InChI is InChI=1S/C67H107N9O16S/c1-49(2)40-74(43-63(81)71(31-18-35-87-5)44-66(84)75(53-19-13-11-14-20-53)46-64(82)73(33-36-88-6)41-60(78)69-55(48-93)50(3)77)65(83)47-76(54-21-15-12-16-22-54)67(85)45-72(32-28-52-24-26-57(90-8)59(38-52)92-10)62(80)42-70(30-17-34-86-4)61(79)39-68-29-27-51-23-25-56(89-7)58(37-51)91-9/h23-26,37-38,49,53-55,68,93H,11-22,27-36,39-48H2,1-10H3,(H,69,78). The van der Waals surface area contributed by atoms with E-state index in [4.69, 9.17) is 33.2 Å². The van der Waals surface area contributed by atoms with Crippen LogP contribution in [0.5, 0.6) is 23.0 Å². The summed E-state index contributed by atoms with van der Waals surface area (Å²) in [6.07, 6.45) is 9.33. The monoisotopic (exact) mass is 1330 g/mol. The van der Waals surface area contributed by atoms with E-state index in [0.29, 0.717) is 87.5 Å². The molecule has 0 bridgehead atoms. The molecule has 1 atom stereocenters. The van der Waals surface area contributed by atoms with E-state index >= 15 is 9.59 Å². The number of carbonyl (C=O) groups excluding carboxylic acids is 9. The molecular formula is C67H107N9O16S. The summed E-state index contributed by atoms with van der Waals surface area (Å²) in [6, 6.07) is 9.52. The number of ether oxygens (including phenoxy) is 7. The van der Waals surface area contributed by atoms with Crippen LogP contribution in [0.25, 0.3) is 0 Å². The van der Waals surface area contributed by atoms with Gasteiger partial charge >= 0.3 is 0 Å². The van der Waals surface area contributed by atoms with E-state index in [1.165, 1.54) is 64.8 Å². The summed E-state index contributed by atoms with van der Waals surface area (Å²) >= 11 is 4.19. The lowest BCUT2D eigenvalue weighted by Gasteiger charge is -2.38. The van der Waals surface area contributed by atoms with E-state index < -0.39 is 73.6 Å². The Hall–Kier alpha value is -6.74. The second-order valence-corrected chi connectivity index (χ2v) is 24.6. The van der Waals surface area contributed by atoms with Crippen molar-refractivity contribution in [3.63, 3.8) is 0 Å². The molecule has 0 aliphatic heterocycles. The molecule has 2 aromatic carbocycles. The third kappa shape index (κ3) is 27.3. The summed E-state index contributed by atoms with van der Waals surface area (Å²) in [5.74, 6) is -2.00. The van der Waals surface area contributed by atoms with E-state index in [0.717, 1.165) is 49.7 Å². The van der Waals surface area contributed by atoms with Crippen molar-refractivity contribution >= 4 is 65.7 Å². The number of nitrogens with one attached hydrogen (secondary N) is 2. The highest BCUT2D eigenvalue weighted by Gasteiger charge is 2.36. The van der Waals surface area contributed by atoms with E-state index in [1.54, 1.807) is 38.4 Å². The topological polar surface area (TPSA) is 265 Å². The van der Waals surface area contributed by atoms with Gasteiger partial charge in [-0.1, -0.05) is 64.5 Å². The third-order valence-corrected chi connectivity index (χ3v) is 17.2. The fourth-order valence-corrected chi connectivity index (χ4v) is 11.9. The second-order valence-electron chi connectivity index (χ2n) is 24.2. The number of ketones is 1. The molecule has 2 saturated carbocycles. The molecule has 0 radical (unpaired) electrons. The van der Waals surface area contributed by atoms with Crippen molar-refractivity contribution < 1.29 is 76.3 Å². The lowest BCUT2D eigenvalue weighted by Crippen LogP contribution is -2.55. The van der Waals surface area contributed by atoms with E-state index in [9.17, 15) is 33.6 Å². The Morgan fingerprint density at radius 3 is 1.35 bits per heavy atom. The lowest BCUT2D eigenvalue weighted by atomic mass is 9.94. The molecular weight excluding hydrogens is 1220 g/mol. The fourth-order valence-electron chi connectivity index (χ4n) is 11.6. The van der Waals surface area contributed by atoms with E-state index in [2.05, 4.69) is 23.3 Å². The number of benzene rings is 2. The van der Waals surface area contributed by atoms with Crippen LogP contribution in [0.4, 0.5) is 0 Å². The normalized spacial score (nSPS) is 13.7. The number of amides is 8. The van der Waals surface area contributed by atoms with Crippen LogP contribution in [0.3, 0.4) is 0 Å². The molecule has 8 amide bonds. The van der Waals surface area contributed by atoms with E-state index in [-0.39, 0.29) is 108 Å². The number of hydrogen-bond acceptors (Lipinski definition) is 18. The van der Waals surface area contributed by atoms with Gasteiger partial charge in [0.05, 0.1) is 80.4 Å². The number of carbonyl (C=O) groups is 9. The molecule has 1 unspecified atom stereocenters. The van der Waals surface area contributed by atoms with E-state index in [1.807, 2.05) is 38.1 Å². The van der Waals surface area contributed by atoms with Crippen molar-refractivity contribution in [2.45, 2.75) is 129 Å². The van der Waals surface area contributed by atoms with Crippen LogP contribution in [0.15, 0.2) is 36.4 Å². The number of nitrogens with zero attached hydrogens (tertiary/aromatic N) is 7. The van der Waals surface area contributed by atoms with Crippen LogP contribution in [0.2, 0.25) is 0 Å². The molecule has 2 aromatic rings. The van der Waals surface area contributed by atoms with Gasteiger partial charge in [-0.15, -0.1) is 0 Å². The van der Waals surface area contributed by atoms with Gasteiger partial charge in [0.25, 0.3) is 0 Å². The van der Waals surface area contributed by atoms with Crippen molar-refractivity contribution in [1.29, 1.82) is 0 Å². The predicted octanol–water partition coefficient (Wildman–Crippen LogP) is 3.94. The van der Waals surface area contributed by atoms with Crippen LogP contribution >= 0.6 is 12.6 Å². The van der Waals surface area contributed by atoms with Gasteiger partial charge < -0.3 is 78.1 Å². The number of methoxy groups -OCH3 is 7. The molecule has 2 aliphatic rings. The van der Waals surface area contributed by atoms with Gasteiger partial charge in [0.15, 0.2) is 28.8 Å². The highest BCUT2D eigenvalue weighted by atomic mass is 32.1. The predicted molar refractivity (Wildman–Crippen MR) is 356 cm³/mol. The average molecular weight is 1330 g/mol. The van der Waals surface area contributed by atoms with Crippen molar-refractivity contribution in [3.05, 3.63) is 47.5 Å². The average Bonchev–Trinajstić information content (AvgIpc) is 1.02. The van der Waals surface area contributed by atoms with Crippen molar-refractivity contribution in [3.8, 4) is 23.0 Å². The Morgan fingerprint density at radius 1 is 0.484 bits per heavy atom. The number of rotatable bonds is 44. The Bertz CT molecular complexity index is 2680. The number of thiol groups is 1. The summed E-state index contributed by atoms with van der Waals surface area (Å²) in [6.45, 7) is 4.03. The summed E-state index contributed by atoms with van der Waals surface area (Å²) in [5.41, 5.74) is 1.76. The van der Waals surface area contributed by atoms with Gasteiger partial charge in [-0.3, -0.25) is 43.2 Å². The molecule has 2 aliphatic carbocycles. The molecule has 25 nitrogen and oxygen atoms in total. The molecule has 26 heteroatoms. The summed E-state index contributed by atoms with van der Waals surface area (Å²) in [7, 11) is 10.8. The molecule has 2 N–H and O–H groups in total. The minimum absolute atomic E-state index is 0.0312. The van der Waals surface area contributed by atoms with Crippen molar-refractivity contribution in [1.82, 2.24) is 44.9 Å². The maximum absolute atomic E-state index is 15.2. The third-order valence-electron chi connectivity index (χ3n) is 16.8. The largest absolute Gasteiger partial charge is 0.493 e. The van der Waals surface area contributed by atoms with Crippen LogP contribution < -0.4 is 29.6 Å². The first-order chi connectivity index (χ1) is 44.7. The maximum atomic E-state index is 15.2. The fraction of sp³-hybridized carbons (Fsp3) is 0.687. The summed E-state index contributed by atoms with van der Waals surface area (Å²) < 4.78 is 37.9. The minimum atomic E-state index is -0.851. The Balaban J connectivity index is 1.63. The van der Waals surface area contributed by atoms with Crippen LogP contribution in [-0.2, 0) is 70.2 Å². The smallest absolute Gasteiger partial charge is 0.242 e. The first-order valence-electron chi connectivity index (χ1n) is 32.7. The molecule has 0 spiro atoms. The number of hydrogen-bond donors (Lipinski definition) is 3. The zero-order valence-electron chi connectivity index (χ0n) is 57.0. The zero-order valence-corrected chi connectivity index (χ0v) is 57.9. The Morgan fingerprint density at radius 2 is 0.903 bits per heavy atom. The molecule has 522 valence electrons. The first kappa shape index (κ1) is 78.7. The first-order valence-corrected chi connectivity index (χ1v) is 33.4. The zero-order chi connectivity index (χ0) is 68.2. The van der Waals surface area contributed by atoms with Crippen LogP contribution in [0, 0.1) is 5.92 Å². The highest BCUT2D eigenvalue weighted by molar-refractivity contribution is 7.80. The highest BCUT2D eigenvalue weighted by Crippen LogP contribution is 2.30. The van der Waals surface area contributed by atoms with Gasteiger partial charge in [0.1, 0.15) is 13.1 Å². The number of Topliss-reactive ketones (excluding diaryl/α,β-unsaturated/α-hetero) is 1. The molecule has 93 heavy (non-hydrogen) atoms. The molecule has 4 rings (SSSR count). The molecule has 0 saturated heterocycles. The van der Waals surface area contributed by atoms with Crippen LogP contribution in [-0.4, -0.2) is 272 Å².